The van der Waals surface area contributed by atoms with Crippen LogP contribution in [0.15, 0.2) is 17.1 Å². The first-order chi connectivity index (χ1) is 13.6. The van der Waals surface area contributed by atoms with E-state index >= 15 is 0 Å². The van der Waals surface area contributed by atoms with Gasteiger partial charge in [0.25, 0.3) is 0 Å². The number of guanidine groups is 1. The molecule has 0 aliphatic carbocycles. The third-order valence-corrected chi connectivity index (χ3v) is 5.12. The van der Waals surface area contributed by atoms with Gasteiger partial charge in [-0.05, 0) is 38.8 Å². The van der Waals surface area contributed by atoms with Crippen molar-refractivity contribution in [3.63, 3.8) is 0 Å². The van der Waals surface area contributed by atoms with Gasteiger partial charge < -0.3 is 25.0 Å². The smallest absolute Gasteiger partial charge is 0.222 e. The molecule has 1 saturated heterocycles. The number of aliphatic imine (C=N–C) groups is 1. The lowest BCUT2D eigenvalue weighted by molar-refractivity contribution is -0.127. The van der Waals surface area contributed by atoms with Crippen molar-refractivity contribution in [1.29, 1.82) is 0 Å². The number of nitrogens with zero attached hydrogens (tertiary/aromatic N) is 2. The molecule has 2 aliphatic heterocycles. The number of carbonyl (C=O) groups excluding carboxylic acids is 1. The Kier molecular flexibility index (Phi) is 9.32. The van der Waals surface area contributed by atoms with Gasteiger partial charge in [-0.2, -0.15) is 0 Å². The number of hydrogen-bond donors (Lipinski definition) is 2. The molecule has 8 heteroatoms. The lowest BCUT2D eigenvalue weighted by Crippen LogP contribution is -2.39. The molecule has 1 atom stereocenters. The van der Waals surface area contributed by atoms with Gasteiger partial charge in [-0.15, -0.1) is 24.0 Å². The van der Waals surface area contributed by atoms with Crippen molar-refractivity contribution in [3.05, 3.63) is 23.3 Å². The number of amides is 1. The zero-order chi connectivity index (χ0) is 19.9. The second kappa shape index (κ2) is 11.5. The molecule has 3 rings (SSSR count). The minimum absolute atomic E-state index is 0. The summed E-state index contributed by atoms with van der Waals surface area (Å²) in [4.78, 5) is 18.3. The fourth-order valence-corrected chi connectivity index (χ4v) is 3.72. The van der Waals surface area contributed by atoms with Crippen molar-refractivity contribution in [1.82, 2.24) is 15.5 Å². The molecule has 1 amide bonds. The van der Waals surface area contributed by atoms with Gasteiger partial charge in [0.15, 0.2) is 5.96 Å². The van der Waals surface area contributed by atoms with Gasteiger partial charge in [0.1, 0.15) is 17.6 Å². The molecule has 2 N–H and O–H groups in total. The normalized spacial score (nSPS) is 18.2. The predicted molar refractivity (Wildman–Crippen MR) is 125 cm³/mol. The molecule has 0 bridgehead atoms. The minimum Gasteiger partial charge on any atom is -0.496 e. The van der Waals surface area contributed by atoms with Crippen LogP contribution in [0.1, 0.15) is 44.2 Å². The summed E-state index contributed by atoms with van der Waals surface area (Å²) in [5, 5.41) is 6.63. The van der Waals surface area contributed by atoms with Gasteiger partial charge in [0.05, 0.1) is 13.7 Å². The molecule has 0 spiro atoms. The van der Waals surface area contributed by atoms with Crippen molar-refractivity contribution in [2.75, 3.05) is 33.3 Å². The first-order valence-corrected chi connectivity index (χ1v) is 10.3. The Morgan fingerprint density at radius 3 is 2.90 bits per heavy atom. The summed E-state index contributed by atoms with van der Waals surface area (Å²) in [7, 11) is 1.69. The van der Waals surface area contributed by atoms with Crippen molar-refractivity contribution >= 4 is 35.8 Å². The van der Waals surface area contributed by atoms with E-state index in [1.165, 1.54) is 5.56 Å². The highest BCUT2D eigenvalue weighted by Gasteiger charge is 2.22. The Bertz CT molecular complexity index is 726. The third-order valence-electron chi connectivity index (χ3n) is 5.12. The number of carbonyl (C=O) groups is 1. The van der Waals surface area contributed by atoms with E-state index in [9.17, 15) is 4.79 Å². The molecule has 7 nitrogen and oxygen atoms in total. The molecule has 2 heterocycles. The van der Waals surface area contributed by atoms with Gasteiger partial charge in [-0.3, -0.25) is 4.79 Å². The molecule has 1 aromatic rings. The van der Waals surface area contributed by atoms with Crippen LogP contribution in [0.3, 0.4) is 0 Å². The Balaban J connectivity index is 0.00000300. The number of halogens is 1. The van der Waals surface area contributed by atoms with Crippen LogP contribution in [-0.4, -0.2) is 56.2 Å². The lowest BCUT2D eigenvalue weighted by atomic mass is 10.1. The van der Waals surface area contributed by atoms with Crippen molar-refractivity contribution in [2.24, 2.45) is 4.99 Å². The fraction of sp³-hybridized carbons (Fsp3) is 0.619. The van der Waals surface area contributed by atoms with E-state index < -0.39 is 0 Å². The van der Waals surface area contributed by atoms with Gasteiger partial charge >= 0.3 is 0 Å². The maximum absolute atomic E-state index is 11.7. The molecule has 0 radical (unpaired) electrons. The maximum Gasteiger partial charge on any atom is 0.222 e. The Morgan fingerprint density at radius 1 is 1.38 bits per heavy atom. The fourth-order valence-electron chi connectivity index (χ4n) is 3.72. The van der Waals surface area contributed by atoms with E-state index in [1.807, 2.05) is 17.9 Å². The highest BCUT2D eigenvalue weighted by atomic mass is 127. The number of likely N-dealkylation sites (tertiary alicyclic amines) is 1. The Morgan fingerprint density at radius 2 is 2.21 bits per heavy atom. The average molecular weight is 516 g/mol. The molecule has 0 saturated carbocycles. The molecule has 1 unspecified atom stereocenters. The molecule has 0 aromatic heterocycles. The largest absolute Gasteiger partial charge is 0.496 e. The number of benzene rings is 1. The molecular weight excluding hydrogens is 483 g/mol. The Hall–Kier alpha value is -1.71. The molecule has 1 aromatic carbocycles. The predicted octanol–water partition coefficient (Wildman–Crippen LogP) is 2.70. The SMILES string of the molecule is CCNC(=NCc1cc2c(cc1OC)CC(C)O2)NCCCN1CCCC1=O.I. The summed E-state index contributed by atoms with van der Waals surface area (Å²) in [6, 6.07) is 4.11. The van der Waals surface area contributed by atoms with Crippen LogP contribution < -0.4 is 20.1 Å². The van der Waals surface area contributed by atoms with Crippen molar-refractivity contribution < 1.29 is 14.3 Å². The van der Waals surface area contributed by atoms with Gasteiger partial charge in [0, 0.05) is 50.1 Å². The first kappa shape index (κ1) is 23.6. The van der Waals surface area contributed by atoms with E-state index in [4.69, 9.17) is 14.5 Å². The number of methoxy groups -OCH3 is 1. The van der Waals surface area contributed by atoms with E-state index in [-0.39, 0.29) is 36.0 Å². The van der Waals surface area contributed by atoms with E-state index in [0.29, 0.717) is 13.0 Å². The van der Waals surface area contributed by atoms with Gasteiger partial charge in [-0.1, -0.05) is 0 Å². The van der Waals surface area contributed by atoms with Crippen LogP contribution in [-0.2, 0) is 17.8 Å². The number of hydrogen-bond acceptors (Lipinski definition) is 4. The van der Waals surface area contributed by atoms with Crippen LogP contribution >= 0.6 is 24.0 Å². The number of ether oxygens (including phenoxy) is 2. The summed E-state index contributed by atoms with van der Waals surface area (Å²) in [5.41, 5.74) is 2.20. The Labute approximate surface area is 190 Å². The van der Waals surface area contributed by atoms with Crippen LogP contribution in [0.2, 0.25) is 0 Å². The van der Waals surface area contributed by atoms with E-state index in [0.717, 1.165) is 68.5 Å². The zero-order valence-corrected chi connectivity index (χ0v) is 20.0. The van der Waals surface area contributed by atoms with Gasteiger partial charge in [-0.25, -0.2) is 4.99 Å². The van der Waals surface area contributed by atoms with Gasteiger partial charge in [0.2, 0.25) is 5.91 Å². The second-order valence-electron chi connectivity index (χ2n) is 7.36. The standard InChI is InChI=1S/C21H32N4O3.HI/c1-4-22-21(23-8-6-10-25-9-5-7-20(25)26)24-14-17-13-19-16(11-15(2)28-19)12-18(17)27-3;/h12-13,15H,4-11,14H2,1-3H3,(H2,22,23,24);1H. The van der Waals surface area contributed by atoms with Crippen LogP contribution in [0.25, 0.3) is 0 Å². The minimum atomic E-state index is 0. The summed E-state index contributed by atoms with van der Waals surface area (Å²) in [5.74, 6) is 2.84. The molecule has 2 aliphatic rings. The highest BCUT2D eigenvalue weighted by molar-refractivity contribution is 14.0. The topological polar surface area (TPSA) is 75.2 Å². The highest BCUT2D eigenvalue weighted by Crippen LogP contribution is 2.35. The molecule has 1 fully saturated rings. The summed E-state index contributed by atoms with van der Waals surface area (Å²) < 4.78 is 11.4. The van der Waals surface area contributed by atoms with Crippen LogP contribution in [0.5, 0.6) is 11.5 Å². The summed E-state index contributed by atoms with van der Waals surface area (Å²) >= 11 is 0. The third kappa shape index (κ3) is 6.38. The second-order valence-corrected chi connectivity index (χ2v) is 7.36. The maximum atomic E-state index is 11.7. The molecule has 162 valence electrons. The molecule has 29 heavy (non-hydrogen) atoms. The number of fused-ring (bicyclic) bond motifs is 1. The van der Waals surface area contributed by atoms with Crippen molar-refractivity contribution in [3.8, 4) is 11.5 Å². The summed E-state index contributed by atoms with van der Waals surface area (Å²) in [6.45, 7) is 7.90. The number of rotatable bonds is 8. The van der Waals surface area contributed by atoms with E-state index in [1.54, 1.807) is 7.11 Å². The monoisotopic (exact) mass is 516 g/mol. The van der Waals surface area contributed by atoms with Crippen LogP contribution in [0, 0.1) is 0 Å². The quantitative estimate of drug-likeness (QED) is 0.241. The average Bonchev–Trinajstić information content (AvgIpc) is 3.25. The van der Waals surface area contributed by atoms with Crippen LogP contribution in [0.4, 0.5) is 0 Å². The van der Waals surface area contributed by atoms with E-state index in [2.05, 4.69) is 23.6 Å². The number of nitrogens with one attached hydrogen (secondary N) is 2. The molecular formula is C21H33IN4O3. The zero-order valence-electron chi connectivity index (χ0n) is 17.6. The lowest BCUT2D eigenvalue weighted by Gasteiger charge is -2.16. The van der Waals surface area contributed by atoms with Crippen molar-refractivity contribution in [2.45, 2.75) is 52.2 Å². The first-order valence-electron chi connectivity index (χ1n) is 10.3. The summed E-state index contributed by atoms with van der Waals surface area (Å²) in [6.07, 6.45) is 3.72.